The Balaban J connectivity index is 1.74. The second kappa shape index (κ2) is 10.9. The van der Waals surface area contributed by atoms with Crippen molar-refractivity contribution in [2.24, 2.45) is 0 Å². The third-order valence-corrected chi connectivity index (χ3v) is 5.80. The summed E-state index contributed by atoms with van der Waals surface area (Å²) in [6.07, 6.45) is -4.43. The van der Waals surface area contributed by atoms with Crippen LogP contribution in [0.3, 0.4) is 0 Å². The lowest BCUT2D eigenvalue weighted by Gasteiger charge is -2.37. The Labute approximate surface area is 206 Å². The van der Waals surface area contributed by atoms with Crippen LogP contribution in [-0.2, 0) is 35.8 Å². The Hall–Kier alpha value is -2.78. The van der Waals surface area contributed by atoms with E-state index in [-0.39, 0.29) is 25.7 Å². The predicted octanol–water partition coefficient (Wildman–Crippen LogP) is 2.93. The van der Waals surface area contributed by atoms with E-state index in [1.807, 2.05) is 36.4 Å². The van der Waals surface area contributed by atoms with E-state index < -0.39 is 35.4 Å². The highest BCUT2D eigenvalue weighted by molar-refractivity contribution is 5.98. The molecule has 1 fully saturated rings. The van der Waals surface area contributed by atoms with Gasteiger partial charge in [0.1, 0.15) is 12.7 Å². The van der Waals surface area contributed by atoms with Crippen LogP contribution in [0.2, 0.25) is 0 Å². The molecular weight excluding hydrogens is 450 g/mol. The highest BCUT2D eigenvalue weighted by atomic mass is 16.6. The lowest BCUT2D eigenvalue weighted by molar-refractivity contribution is -0.233. The molecule has 1 heterocycles. The molecule has 1 aliphatic rings. The van der Waals surface area contributed by atoms with E-state index in [4.69, 9.17) is 14.2 Å². The van der Waals surface area contributed by atoms with Gasteiger partial charge in [-0.3, -0.25) is 9.59 Å². The van der Waals surface area contributed by atoms with Crippen molar-refractivity contribution < 1.29 is 34.0 Å². The number of ether oxygens (including phenoxy) is 3. The third kappa shape index (κ3) is 6.67. The number of aliphatic hydroxyl groups excluding tert-OH is 2. The Morgan fingerprint density at radius 2 is 1.77 bits per heavy atom. The minimum atomic E-state index is -1.59. The molecule has 3 unspecified atom stereocenters. The van der Waals surface area contributed by atoms with E-state index in [2.05, 4.69) is 0 Å². The molecule has 1 amide bonds. The van der Waals surface area contributed by atoms with Crippen molar-refractivity contribution in [2.75, 3.05) is 18.1 Å². The maximum absolute atomic E-state index is 13.2. The first-order valence-corrected chi connectivity index (χ1v) is 11.7. The maximum atomic E-state index is 13.2. The Bertz CT molecular complexity index is 1020. The summed E-state index contributed by atoms with van der Waals surface area (Å²) in [6.45, 7) is 9.34. The first kappa shape index (κ1) is 26.8. The number of hydrogen-bond acceptors (Lipinski definition) is 7. The lowest BCUT2D eigenvalue weighted by atomic mass is 9.84. The summed E-state index contributed by atoms with van der Waals surface area (Å²) in [5, 5.41) is 20.8. The van der Waals surface area contributed by atoms with Gasteiger partial charge in [-0.1, -0.05) is 42.5 Å². The number of morpholine rings is 1. The normalized spacial score (nSPS) is 18.8. The molecule has 0 spiro atoms. The molecule has 1 saturated heterocycles. The van der Waals surface area contributed by atoms with Gasteiger partial charge in [-0.2, -0.15) is 0 Å². The average Bonchev–Trinajstić information content (AvgIpc) is 2.82. The largest absolute Gasteiger partial charge is 0.460 e. The number of aliphatic hydroxyl groups is 2. The molecule has 0 aromatic heterocycles. The molecule has 35 heavy (non-hydrogen) atoms. The lowest BCUT2D eigenvalue weighted by Crippen LogP contribution is -2.56. The monoisotopic (exact) mass is 485 g/mol. The summed E-state index contributed by atoms with van der Waals surface area (Å²) in [4.78, 5) is 27.6. The molecule has 2 aromatic rings. The van der Waals surface area contributed by atoms with Crippen molar-refractivity contribution in [1.29, 1.82) is 0 Å². The molecule has 2 aromatic carbocycles. The van der Waals surface area contributed by atoms with Gasteiger partial charge in [0, 0.05) is 12.2 Å². The summed E-state index contributed by atoms with van der Waals surface area (Å²) in [5.41, 5.74) is 0.457. The second-order valence-corrected chi connectivity index (χ2v) is 10.1. The molecule has 2 N–H and O–H groups in total. The van der Waals surface area contributed by atoms with Crippen molar-refractivity contribution in [3.05, 3.63) is 65.7 Å². The zero-order chi connectivity index (χ0) is 25.8. The Kier molecular flexibility index (Phi) is 8.33. The Morgan fingerprint density at radius 1 is 1.09 bits per heavy atom. The molecule has 3 atom stereocenters. The number of amides is 1. The maximum Gasteiger partial charge on any atom is 0.316 e. The second-order valence-electron chi connectivity index (χ2n) is 10.1. The van der Waals surface area contributed by atoms with Crippen LogP contribution in [0.4, 0.5) is 5.69 Å². The number of rotatable bonds is 8. The predicted molar refractivity (Wildman–Crippen MR) is 131 cm³/mol. The van der Waals surface area contributed by atoms with Crippen molar-refractivity contribution >= 4 is 17.6 Å². The molecule has 0 bridgehead atoms. The van der Waals surface area contributed by atoms with Gasteiger partial charge in [0.2, 0.25) is 0 Å². The number of hydrogen-bond donors (Lipinski definition) is 2. The fraction of sp³-hybridized carbons (Fsp3) is 0.481. The number of carbonyl (C=O) groups excluding carboxylic acids is 2. The number of anilines is 1. The number of carbonyl (C=O) groups is 2. The van der Waals surface area contributed by atoms with Gasteiger partial charge < -0.3 is 29.3 Å². The van der Waals surface area contributed by atoms with Crippen LogP contribution in [0.15, 0.2) is 54.6 Å². The first-order chi connectivity index (χ1) is 16.4. The fourth-order valence-electron chi connectivity index (χ4n) is 3.77. The van der Waals surface area contributed by atoms with Gasteiger partial charge in [0.25, 0.3) is 5.91 Å². The minimum absolute atomic E-state index is 0.169. The molecule has 190 valence electrons. The zero-order valence-corrected chi connectivity index (χ0v) is 20.9. The van der Waals surface area contributed by atoms with Crippen LogP contribution in [0.5, 0.6) is 0 Å². The highest BCUT2D eigenvalue weighted by Gasteiger charge is 2.41. The Morgan fingerprint density at radius 3 is 2.43 bits per heavy atom. The smallest absolute Gasteiger partial charge is 0.316 e. The summed E-state index contributed by atoms with van der Waals surface area (Å²) in [6, 6.07) is 16.5. The summed E-state index contributed by atoms with van der Waals surface area (Å²) < 4.78 is 16.4. The van der Waals surface area contributed by atoms with E-state index in [0.29, 0.717) is 11.3 Å². The van der Waals surface area contributed by atoms with Crippen LogP contribution in [0.1, 0.15) is 45.7 Å². The van der Waals surface area contributed by atoms with Crippen LogP contribution in [-0.4, -0.2) is 59.3 Å². The summed E-state index contributed by atoms with van der Waals surface area (Å²) in [7, 11) is 0. The van der Waals surface area contributed by atoms with Gasteiger partial charge in [-0.25, -0.2) is 0 Å². The van der Waals surface area contributed by atoms with Crippen LogP contribution >= 0.6 is 0 Å². The van der Waals surface area contributed by atoms with Crippen molar-refractivity contribution in [1.82, 2.24) is 0 Å². The van der Waals surface area contributed by atoms with Crippen LogP contribution in [0.25, 0.3) is 0 Å². The van der Waals surface area contributed by atoms with E-state index in [9.17, 15) is 19.8 Å². The summed E-state index contributed by atoms with van der Waals surface area (Å²) in [5.74, 6) is -0.885. The van der Waals surface area contributed by atoms with Crippen molar-refractivity contribution in [3.63, 3.8) is 0 Å². The molecule has 3 rings (SSSR count). The third-order valence-electron chi connectivity index (χ3n) is 5.80. The quantitative estimate of drug-likeness (QED) is 0.437. The summed E-state index contributed by atoms with van der Waals surface area (Å²) >= 11 is 0. The van der Waals surface area contributed by atoms with Crippen LogP contribution < -0.4 is 4.90 Å². The first-order valence-electron chi connectivity index (χ1n) is 11.7. The van der Waals surface area contributed by atoms with Gasteiger partial charge in [0.05, 0.1) is 17.6 Å². The molecule has 1 aliphatic heterocycles. The topological polar surface area (TPSA) is 106 Å². The highest BCUT2D eigenvalue weighted by Crippen LogP contribution is 2.30. The van der Waals surface area contributed by atoms with Gasteiger partial charge in [0.15, 0.2) is 12.4 Å². The van der Waals surface area contributed by atoms with E-state index in [0.717, 1.165) is 5.56 Å². The number of nitrogens with zero attached hydrogens (tertiary/aromatic N) is 1. The van der Waals surface area contributed by atoms with Gasteiger partial charge in [-0.15, -0.1) is 0 Å². The molecular formula is C27H35NO7. The molecule has 0 aliphatic carbocycles. The molecule has 0 radical (unpaired) electrons. The zero-order valence-electron chi connectivity index (χ0n) is 20.9. The molecule has 0 saturated carbocycles. The number of benzene rings is 2. The average molecular weight is 486 g/mol. The van der Waals surface area contributed by atoms with E-state index >= 15 is 0 Å². The van der Waals surface area contributed by atoms with Crippen LogP contribution in [0, 0.1) is 0 Å². The molecule has 8 nitrogen and oxygen atoms in total. The van der Waals surface area contributed by atoms with Crippen molar-refractivity contribution in [2.45, 2.75) is 70.7 Å². The minimum Gasteiger partial charge on any atom is -0.460 e. The van der Waals surface area contributed by atoms with E-state index in [1.54, 1.807) is 52.8 Å². The number of esters is 1. The van der Waals surface area contributed by atoms with E-state index in [1.165, 1.54) is 4.90 Å². The molecule has 8 heteroatoms. The van der Waals surface area contributed by atoms with Crippen molar-refractivity contribution in [3.8, 4) is 0 Å². The van der Waals surface area contributed by atoms with Gasteiger partial charge in [-0.05, 0) is 57.9 Å². The van der Waals surface area contributed by atoms with Gasteiger partial charge >= 0.3 is 5.97 Å². The fourth-order valence-corrected chi connectivity index (χ4v) is 3.77. The SMILES string of the molecule is CC(C)(C)OC(O)C(O)C1OCCN(c2cccc(C(C)(C)C(=O)OCc3ccccc3)c2)C1=O. The standard InChI is InChI=1S/C27H35NO7/c1-26(2,3)35-24(31)21(29)22-23(30)28(14-15-33-22)20-13-9-12-19(16-20)27(4,5)25(32)34-17-18-10-7-6-8-11-18/h6-13,16,21-22,24,29,31H,14-15,17H2,1-5H3.